The molecule has 1 unspecified atom stereocenters. The molecule has 4 nitrogen and oxygen atoms in total. The van der Waals surface area contributed by atoms with Crippen molar-refractivity contribution in [3.63, 3.8) is 0 Å². The van der Waals surface area contributed by atoms with Crippen molar-refractivity contribution in [2.24, 2.45) is 0 Å². The predicted molar refractivity (Wildman–Crippen MR) is 219 cm³/mol. The van der Waals surface area contributed by atoms with Gasteiger partial charge >= 0.3 is 0 Å². The maximum atomic E-state index is 6.65. The second kappa shape index (κ2) is 11.8. The molecular weight excluding hydrogens is 647 g/mol. The zero-order valence-corrected chi connectivity index (χ0v) is 28.8. The second-order valence-corrected chi connectivity index (χ2v) is 13.8. The molecule has 0 saturated heterocycles. The van der Waals surface area contributed by atoms with E-state index < -0.39 is 0 Å². The number of hydrogen-bond donors (Lipinski definition) is 1. The highest BCUT2D eigenvalue weighted by Gasteiger charge is 2.25. The van der Waals surface area contributed by atoms with Gasteiger partial charge in [0.25, 0.3) is 0 Å². The molecule has 2 aromatic heterocycles. The van der Waals surface area contributed by atoms with Gasteiger partial charge in [-0.05, 0) is 95.1 Å². The van der Waals surface area contributed by atoms with Gasteiger partial charge < -0.3 is 19.2 Å². The van der Waals surface area contributed by atoms with Crippen molar-refractivity contribution in [3.8, 4) is 39.4 Å². The van der Waals surface area contributed by atoms with Gasteiger partial charge in [-0.15, -0.1) is 0 Å². The first kappa shape index (κ1) is 29.7. The van der Waals surface area contributed by atoms with Gasteiger partial charge in [0.1, 0.15) is 5.75 Å². The lowest BCUT2D eigenvalue weighted by molar-refractivity contribution is 0.260. The number of rotatable bonds is 5. The topological polar surface area (TPSA) is 31.1 Å². The maximum Gasteiger partial charge on any atom is 0.196 e. The van der Waals surface area contributed by atoms with Gasteiger partial charge in [0.15, 0.2) is 6.23 Å². The first-order valence-electron chi connectivity index (χ1n) is 18.1. The summed E-state index contributed by atoms with van der Waals surface area (Å²) < 4.78 is 11.4. The molecular formula is C49H33N3O. The number of nitrogens with one attached hydrogen (secondary N) is 1. The van der Waals surface area contributed by atoms with E-state index in [1.807, 2.05) is 0 Å². The lowest BCUT2D eigenvalue weighted by atomic mass is 10.0. The molecule has 11 rings (SSSR count). The van der Waals surface area contributed by atoms with Crippen LogP contribution in [-0.4, -0.2) is 9.13 Å². The first-order chi connectivity index (χ1) is 26.3. The Morgan fingerprint density at radius 3 is 1.60 bits per heavy atom. The number of anilines is 1. The predicted octanol–water partition coefficient (Wildman–Crippen LogP) is 12.7. The second-order valence-electron chi connectivity index (χ2n) is 13.8. The van der Waals surface area contributed by atoms with Gasteiger partial charge in [-0.2, -0.15) is 0 Å². The number of fused-ring (bicyclic) bond motifs is 7. The van der Waals surface area contributed by atoms with Crippen LogP contribution in [0.15, 0.2) is 188 Å². The molecule has 0 amide bonds. The van der Waals surface area contributed by atoms with E-state index in [1.54, 1.807) is 0 Å². The zero-order valence-electron chi connectivity index (χ0n) is 28.8. The van der Waals surface area contributed by atoms with Crippen LogP contribution in [0.25, 0.3) is 77.2 Å². The molecule has 3 heterocycles. The summed E-state index contributed by atoms with van der Waals surface area (Å²) in [6.07, 6.45) is -0.280. The Kier molecular flexibility index (Phi) is 6.58. The van der Waals surface area contributed by atoms with Crippen molar-refractivity contribution in [1.82, 2.24) is 9.13 Å². The quantitative estimate of drug-likeness (QED) is 0.196. The van der Waals surface area contributed by atoms with Crippen LogP contribution in [0.5, 0.6) is 5.75 Å². The number of nitrogens with zero attached hydrogens (tertiary/aromatic N) is 2. The third-order valence-corrected chi connectivity index (χ3v) is 10.8. The highest BCUT2D eigenvalue weighted by molar-refractivity contribution is 6.11. The van der Waals surface area contributed by atoms with E-state index in [4.69, 9.17) is 4.74 Å². The van der Waals surface area contributed by atoms with Crippen molar-refractivity contribution in [2.75, 3.05) is 5.32 Å². The summed E-state index contributed by atoms with van der Waals surface area (Å²) in [4.78, 5) is 0. The molecule has 0 aliphatic carbocycles. The third kappa shape index (κ3) is 4.77. The number of ether oxygens (including phenoxy) is 1. The van der Waals surface area contributed by atoms with Gasteiger partial charge in [-0.3, -0.25) is 0 Å². The van der Waals surface area contributed by atoms with E-state index >= 15 is 0 Å². The molecule has 4 heteroatoms. The summed E-state index contributed by atoms with van der Waals surface area (Å²) in [7, 11) is 0. The minimum atomic E-state index is -0.280. The van der Waals surface area contributed by atoms with Gasteiger partial charge in [0, 0.05) is 38.5 Å². The Balaban J connectivity index is 0.932. The standard InChI is InChI=1S/C49H33N3O/c1-3-11-32(12-4-1)33-19-24-38(25-20-33)52-45-18-10-7-15-39(45)41-29-34(22-27-46(41)52)35-21-26-43-48(31-35)53-49(50-43)36-23-28-47-42(30-36)40-16-8-9-17-44(40)51(47)37-13-5-2-6-14-37/h1-31,49-50H. The molecule has 0 radical (unpaired) electrons. The summed E-state index contributed by atoms with van der Waals surface area (Å²) >= 11 is 0. The average Bonchev–Trinajstić information content (AvgIpc) is 3.91. The molecule has 1 N–H and O–H groups in total. The molecule has 0 fully saturated rings. The zero-order chi connectivity index (χ0) is 34.9. The Hall–Kier alpha value is -7.04. The molecule has 10 aromatic rings. The number of benzene rings is 8. The summed E-state index contributed by atoms with van der Waals surface area (Å²) in [5.41, 5.74) is 13.9. The van der Waals surface area contributed by atoms with E-state index in [2.05, 4.69) is 203 Å². The summed E-state index contributed by atoms with van der Waals surface area (Å²) in [6.45, 7) is 0. The van der Waals surface area contributed by atoms with Crippen LogP contribution >= 0.6 is 0 Å². The Labute approximate surface area is 306 Å². The van der Waals surface area contributed by atoms with Gasteiger partial charge in [0.05, 0.1) is 27.8 Å². The van der Waals surface area contributed by atoms with Crippen molar-refractivity contribution >= 4 is 49.3 Å². The molecule has 1 aliphatic heterocycles. The summed E-state index contributed by atoms with van der Waals surface area (Å²) in [6, 6.07) is 67.3. The minimum absolute atomic E-state index is 0.280. The third-order valence-electron chi connectivity index (χ3n) is 10.8. The van der Waals surface area contributed by atoms with E-state index in [1.165, 1.54) is 54.7 Å². The van der Waals surface area contributed by atoms with Crippen LogP contribution < -0.4 is 10.1 Å². The van der Waals surface area contributed by atoms with Crippen molar-refractivity contribution in [1.29, 1.82) is 0 Å². The Morgan fingerprint density at radius 1 is 0.377 bits per heavy atom. The fraction of sp³-hybridized carbons (Fsp3) is 0.0204. The Bertz CT molecular complexity index is 2990. The van der Waals surface area contributed by atoms with Crippen LogP contribution in [0.3, 0.4) is 0 Å². The highest BCUT2D eigenvalue weighted by atomic mass is 16.5. The van der Waals surface area contributed by atoms with E-state index in [0.717, 1.165) is 39.5 Å². The molecule has 250 valence electrons. The smallest absolute Gasteiger partial charge is 0.196 e. The molecule has 1 atom stereocenters. The molecule has 1 aliphatic rings. The van der Waals surface area contributed by atoms with E-state index in [-0.39, 0.29) is 6.23 Å². The van der Waals surface area contributed by atoms with Crippen LogP contribution in [-0.2, 0) is 0 Å². The Morgan fingerprint density at radius 2 is 0.887 bits per heavy atom. The normalized spacial score (nSPS) is 13.8. The maximum absolute atomic E-state index is 6.65. The lowest BCUT2D eigenvalue weighted by Crippen LogP contribution is -2.09. The van der Waals surface area contributed by atoms with Crippen LogP contribution in [0.1, 0.15) is 11.8 Å². The van der Waals surface area contributed by atoms with Crippen molar-refractivity contribution in [2.45, 2.75) is 6.23 Å². The first-order valence-corrected chi connectivity index (χ1v) is 18.1. The van der Waals surface area contributed by atoms with Crippen LogP contribution in [0.2, 0.25) is 0 Å². The monoisotopic (exact) mass is 679 g/mol. The fourth-order valence-corrected chi connectivity index (χ4v) is 8.24. The van der Waals surface area contributed by atoms with Gasteiger partial charge in [-0.1, -0.05) is 115 Å². The van der Waals surface area contributed by atoms with Gasteiger partial charge in [-0.25, -0.2) is 0 Å². The summed E-state index contributed by atoms with van der Waals surface area (Å²) in [5, 5.41) is 8.54. The van der Waals surface area contributed by atoms with E-state index in [9.17, 15) is 0 Å². The largest absolute Gasteiger partial charge is 0.464 e. The molecule has 8 aromatic carbocycles. The molecule has 53 heavy (non-hydrogen) atoms. The SMILES string of the molecule is c1ccc(-c2ccc(-n3c4ccccc4c4cc(-c5ccc6c(c5)OC(c5ccc7c(c5)c5ccccc5n7-c5ccccc5)N6)ccc43)cc2)cc1. The minimum Gasteiger partial charge on any atom is -0.464 e. The number of aromatic nitrogens is 2. The number of para-hydroxylation sites is 3. The van der Waals surface area contributed by atoms with Crippen LogP contribution in [0.4, 0.5) is 5.69 Å². The molecule has 0 spiro atoms. The van der Waals surface area contributed by atoms with Crippen molar-refractivity contribution in [3.05, 3.63) is 194 Å². The molecule has 0 saturated carbocycles. The molecule has 0 bridgehead atoms. The highest BCUT2D eigenvalue weighted by Crippen LogP contribution is 2.43. The fourth-order valence-electron chi connectivity index (χ4n) is 8.24. The lowest BCUT2D eigenvalue weighted by Gasteiger charge is -2.13. The number of hydrogen-bond acceptors (Lipinski definition) is 2. The summed E-state index contributed by atoms with van der Waals surface area (Å²) in [5.74, 6) is 0.861. The van der Waals surface area contributed by atoms with Crippen molar-refractivity contribution < 1.29 is 4.74 Å². The average molecular weight is 680 g/mol. The van der Waals surface area contributed by atoms with Gasteiger partial charge in [0.2, 0.25) is 0 Å². The van der Waals surface area contributed by atoms with Crippen LogP contribution in [0, 0.1) is 0 Å². The van der Waals surface area contributed by atoms with E-state index in [0.29, 0.717) is 0 Å².